The highest BCUT2D eigenvalue weighted by atomic mass is 19.4. The number of hydrogen-bond donors (Lipinski definition) is 1. The van der Waals surface area contributed by atoms with Gasteiger partial charge in [0, 0.05) is 12.2 Å². The molecule has 1 spiro atoms. The van der Waals surface area contributed by atoms with Crippen LogP contribution >= 0.6 is 0 Å². The molecule has 1 aliphatic carbocycles. The normalized spacial score (nSPS) is 27.9. The van der Waals surface area contributed by atoms with Crippen molar-refractivity contribution in [1.82, 2.24) is 0 Å². The molecule has 1 unspecified atom stereocenters. The lowest BCUT2D eigenvalue weighted by atomic mass is 9.68. The quantitative estimate of drug-likeness (QED) is 0.781. The first-order valence-corrected chi connectivity index (χ1v) is 10.00. The van der Waals surface area contributed by atoms with Gasteiger partial charge in [-0.15, -0.1) is 0 Å². The van der Waals surface area contributed by atoms with E-state index in [9.17, 15) is 23.1 Å². The van der Waals surface area contributed by atoms with Crippen molar-refractivity contribution in [1.29, 1.82) is 0 Å². The Hall–Kier alpha value is -1.76. The van der Waals surface area contributed by atoms with Crippen molar-refractivity contribution in [2.75, 3.05) is 11.4 Å². The monoisotopic (exact) mass is 399 g/mol. The van der Waals surface area contributed by atoms with Crippen molar-refractivity contribution in [2.24, 2.45) is 11.3 Å². The predicted octanol–water partition coefficient (Wildman–Crippen LogP) is 4.70. The van der Waals surface area contributed by atoms with E-state index in [1.165, 1.54) is 12.1 Å². The van der Waals surface area contributed by atoms with E-state index < -0.39 is 12.3 Å². The molecule has 1 saturated carbocycles. The second-order valence-electron chi connectivity index (χ2n) is 8.10. The molecule has 156 valence electrons. The van der Waals surface area contributed by atoms with Crippen molar-refractivity contribution in [3.05, 3.63) is 24.3 Å². The molecule has 0 bridgehead atoms. The van der Waals surface area contributed by atoms with Crippen LogP contribution in [0.25, 0.3) is 0 Å². The van der Waals surface area contributed by atoms with Gasteiger partial charge in [0.25, 0.3) is 0 Å². The molecule has 4 nitrogen and oxygen atoms in total. The Morgan fingerprint density at radius 3 is 2.36 bits per heavy atom. The van der Waals surface area contributed by atoms with Gasteiger partial charge < -0.3 is 14.7 Å². The van der Waals surface area contributed by atoms with E-state index in [2.05, 4.69) is 0 Å². The van der Waals surface area contributed by atoms with E-state index in [1.807, 2.05) is 6.92 Å². The number of amides is 1. The van der Waals surface area contributed by atoms with Gasteiger partial charge in [0.05, 0.1) is 11.5 Å². The fourth-order valence-corrected chi connectivity index (χ4v) is 4.42. The summed E-state index contributed by atoms with van der Waals surface area (Å²) in [6.07, 6.45) is -1.79. The Kier molecular flexibility index (Phi) is 5.94. The van der Waals surface area contributed by atoms with Crippen LogP contribution in [0.15, 0.2) is 24.3 Å². The number of benzene rings is 1. The van der Waals surface area contributed by atoms with Gasteiger partial charge in [0.15, 0.2) is 6.10 Å². The van der Waals surface area contributed by atoms with E-state index in [0.717, 1.165) is 45.4 Å². The number of anilines is 1. The first-order chi connectivity index (χ1) is 13.2. The van der Waals surface area contributed by atoms with Crippen molar-refractivity contribution in [2.45, 2.75) is 70.8 Å². The Morgan fingerprint density at radius 2 is 1.82 bits per heavy atom. The van der Waals surface area contributed by atoms with Gasteiger partial charge >= 0.3 is 6.18 Å². The zero-order chi connectivity index (χ0) is 20.5. The lowest BCUT2D eigenvalue weighted by Crippen LogP contribution is -2.39. The Morgan fingerprint density at radius 1 is 1.21 bits per heavy atom. The number of halogens is 3. The molecule has 2 fully saturated rings. The van der Waals surface area contributed by atoms with E-state index in [4.69, 9.17) is 4.74 Å². The lowest BCUT2D eigenvalue weighted by molar-refractivity contribution is -0.189. The van der Waals surface area contributed by atoms with Crippen molar-refractivity contribution >= 4 is 11.6 Å². The minimum absolute atomic E-state index is 0.0919. The second kappa shape index (κ2) is 7.93. The Bertz CT molecular complexity index is 681. The zero-order valence-electron chi connectivity index (χ0n) is 16.3. The van der Waals surface area contributed by atoms with E-state index in [0.29, 0.717) is 12.2 Å². The zero-order valence-corrected chi connectivity index (χ0v) is 16.3. The molecule has 0 aromatic heterocycles. The maximum Gasteiger partial charge on any atom is 0.425 e. The van der Waals surface area contributed by atoms with Crippen LogP contribution in [-0.2, 0) is 4.79 Å². The summed E-state index contributed by atoms with van der Waals surface area (Å²) < 4.78 is 42.8. The topological polar surface area (TPSA) is 49.8 Å². The minimum Gasteiger partial charge on any atom is -0.481 e. The minimum atomic E-state index is -4.42. The third-order valence-electron chi connectivity index (χ3n) is 6.38. The molecule has 7 heteroatoms. The summed E-state index contributed by atoms with van der Waals surface area (Å²) in [5, 5.41) is 10.1. The fourth-order valence-electron chi connectivity index (χ4n) is 4.42. The van der Waals surface area contributed by atoms with E-state index >= 15 is 0 Å². The SMILES string of the molecule is CCC(O)[C@H]1CC[C@@]2(CCN(c3ccc(O[C@H](C)C(F)(F)F)cc3)C2=O)CC1. The number of nitrogens with zero attached hydrogens (tertiary/aromatic N) is 1. The first kappa shape index (κ1) is 21.0. The number of carbonyl (C=O) groups excluding carboxylic acids is 1. The molecule has 2 atom stereocenters. The third kappa shape index (κ3) is 4.14. The number of alkyl halides is 3. The van der Waals surface area contributed by atoms with Crippen LogP contribution in [0, 0.1) is 11.3 Å². The molecule has 1 aliphatic heterocycles. The summed E-state index contributed by atoms with van der Waals surface area (Å²) in [5.41, 5.74) is 0.328. The fraction of sp³-hybridized carbons (Fsp3) is 0.667. The van der Waals surface area contributed by atoms with Crippen LogP contribution in [0.5, 0.6) is 5.75 Å². The third-order valence-corrected chi connectivity index (χ3v) is 6.38. The summed E-state index contributed by atoms with van der Waals surface area (Å²) in [6, 6.07) is 6.23. The van der Waals surface area contributed by atoms with Crippen LogP contribution in [0.3, 0.4) is 0 Å². The molecule has 1 amide bonds. The highest BCUT2D eigenvalue weighted by Gasteiger charge is 2.49. The van der Waals surface area contributed by atoms with Gasteiger partial charge in [-0.2, -0.15) is 13.2 Å². The molecule has 1 aromatic carbocycles. The van der Waals surface area contributed by atoms with Crippen molar-refractivity contribution in [3.8, 4) is 5.75 Å². The summed E-state index contributed by atoms with van der Waals surface area (Å²) in [7, 11) is 0. The van der Waals surface area contributed by atoms with Gasteiger partial charge in [-0.05, 0) is 75.6 Å². The Labute approximate surface area is 163 Å². The molecular formula is C21H28F3NO3. The van der Waals surface area contributed by atoms with Gasteiger partial charge in [0.1, 0.15) is 5.75 Å². The summed E-state index contributed by atoms with van der Waals surface area (Å²) >= 11 is 0. The predicted molar refractivity (Wildman–Crippen MR) is 100 cm³/mol. The van der Waals surface area contributed by atoms with Gasteiger partial charge in [-0.1, -0.05) is 6.92 Å². The van der Waals surface area contributed by atoms with Crippen LogP contribution in [0.4, 0.5) is 18.9 Å². The number of rotatable bonds is 5. The van der Waals surface area contributed by atoms with Crippen LogP contribution in [0.2, 0.25) is 0 Å². The largest absolute Gasteiger partial charge is 0.481 e. The van der Waals surface area contributed by atoms with Gasteiger partial charge in [-0.25, -0.2) is 0 Å². The highest BCUT2D eigenvalue weighted by molar-refractivity contribution is 6.00. The van der Waals surface area contributed by atoms with Crippen molar-refractivity contribution in [3.63, 3.8) is 0 Å². The average Bonchev–Trinajstić information content (AvgIpc) is 2.98. The van der Waals surface area contributed by atoms with Crippen LogP contribution in [-0.4, -0.2) is 35.9 Å². The molecule has 1 N–H and O–H groups in total. The number of aliphatic hydroxyl groups is 1. The molecule has 1 aromatic rings. The van der Waals surface area contributed by atoms with Crippen molar-refractivity contribution < 1.29 is 27.8 Å². The number of ether oxygens (including phenoxy) is 1. The summed E-state index contributed by atoms with van der Waals surface area (Å²) in [6.45, 7) is 3.55. The number of carbonyl (C=O) groups is 1. The maximum absolute atomic E-state index is 13.1. The molecule has 28 heavy (non-hydrogen) atoms. The standard InChI is InChI=1S/C21H28F3NO3/c1-3-18(26)15-8-10-20(11-9-15)12-13-25(19(20)27)16-4-6-17(7-5-16)28-14(2)21(22,23)24/h4-7,14-15,18,26H,3,8-13H2,1-2H3/t14-,15-,18?,20-/m1/s1. The van der Waals surface area contributed by atoms with E-state index in [1.54, 1.807) is 17.0 Å². The first-order valence-electron chi connectivity index (χ1n) is 10.00. The molecule has 1 heterocycles. The maximum atomic E-state index is 13.1. The highest BCUT2D eigenvalue weighted by Crippen LogP contribution is 2.48. The van der Waals surface area contributed by atoms with Gasteiger partial charge in [0.2, 0.25) is 5.91 Å². The molecule has 2 aliphatic rings. The smallest absolute Gasteiger partial charge is 0.425 e. The molecule has 3 rings (SSSR count). The molecule has 0 radical (unpaired) electrons. The van der Waals surface area contributed by atoms with Gasteiger partial charge in [-0.3, -0.25) is 4.79 Å². The summed E-state index contributed by atoms with van der Waals surface area (Å²) in [4.78, 5) is 14.8. The van der Waals surface area contributed by atoms with E-state index in [-0.39, 0.29) is 29.1 Å². The number of aliphatic hydroxyl groups excluding tert-OH is 1. The number of hydrogen-bond acceptors (Lipinski definition) is 3. The Balaban J connectivity index is 1.64. The summed E-state index contributed by atoms with van der Waals surface area (Å²) in [5.74, 6) is 0.489. The second-order valence-corrected chi connectivity index (χ2v) is 8.10. The molecular weight excluding hydrogens is 371 g/mol. The average molecular weight is 399 g/mol. The lowest BCUT2D eigenvalue weighted by Gasteiger charge is -2.37. The van der Waals surface area contributed by atoms with Crippen LogP contribution < -0.4 is 9.64 Å². The molecule has 1 saturated heterocycles. The van der Waals surface area contributed by atoms with Crippen LogP contribution in [0.1, 0.15) is 52.4 Å².